The van der Waals surface area contributed by atoms with Gasteiger partial charge in [0.25, 0.3) is 5.88 Å². The number of rotatable bonds is 4. The molecule has 0 unspecified atom stereocenters. The third kappa shape index (κ3) is 2.77. The number of halogens is 1. The Kier molecular flexibility index (Phi) is 3.39. The lowest BCUT2D eigenvalue weighted by molar-refractivity contribution is 0.392. The van der Waals surface area contributed by atoms with Gasteiger partial charge in [0.05, 0.1) is 11.9 Å². The van der Waals surface area contributed by atoms with E-state index in [4.69, 9.17) is 10.6 Å². The first kappa shape index (κ1) is 12.9. The number of para-hydroxylation sites is 1. The van der Waals surface area contributed by atoms with Crippen molar-refractivity contribution >= 4 is 5.95 Å². The second-order valence-corrected chi connectivity index (χ2v) is 3.90. The van der Waals surface area contributed by atoms with E-state index in [1.807, 2.05) is 30.3 Å². The summed E-state index contributed by atoms with van der Waals surface area (Å²) in [5.74, 6) is 4.11. The zero-order valence-electron chi connectivity index (χ0n) is 10.6. The Bertz CT molecular complexity index is 746. The fourth-order valence-corrected chi connectivity index (χ4v) is 1.58. The average Bonchev–Trinajstić information content (AvgIpc) is 2.99. The molecule has 0 aliphatic rings. The molecular formula is C12H10FN7O. The van der Waals surface area contributed by atoms with Crippen LogP contribution in [0.25, 0.3) is 5.69 Å². The molecule has 0 aliphatic heterocycles. The SMILES string of the molecule is NNc1ncc(F)c(Oc2ncn(-c3ccccc3)n2)n1. The number of benzene rings is 1. The van der Waals surface area contributed by atoms with Crippen molar-refractivity contribution < 1.29 is 9.13 Å². The number of nitrogen functional groups attached to an aromatic ring is 1. The molecule has 0 saturated carbocycles. The third-order valence-corrected chi connectivity index (χ3v) is 2.52. The number of nitrogens with two attached hydrogens (primary N) is 1. The van der Waals surface area contributed by atoms with Crippen molar-refractivity contribution in [3.05, 3.63) is 48.7 Å². The summed E-state index contributed by atoms with van der Waals surface area (Å²) in [6.45, 7) is 0. The highest BCUT2D eigenvalue weighted by atomic mass is 19.1. The zero-order chi connectivity index (χ0) is 14.7. The Hall–Kier alpha value is -3.07. The monoisotopic (exact) mass is 287 g/mol. The topological polar surface area (TPSA) is 104 Å². The van der Waals surface area contributed by atoms with Crippen molar-refractivity contribution in [2.24, 2.45) is 5.84 Å². The second-order valence-electron chi connectivity index (χ2n) is 3.90. The Morgan fingerprint density at radius 2 is 2.00 bits per heavy atom. The quantitative estimate of drug-likeness (QED) is 0.550. The lowest BCUT2D eigenvalue weighted by atomic mass is 10.3. The summed E-state index contributed by atoms with van der Waals surface area (Å²) in [6, 6.07) is 9.26. The molecule has 0 spiro atoms. The fraction of sp³-hybridized carbons (Fsp3) is 0. The average molecular weight is 287 g/mol. The highest BCUT2D eigenvalue weighted by Gasteiger charge is 2.12. The minimum absolute atomic E-state index is 0.0221. The van der Waals surface area contributed by atoms with Crippen LogP contribution in [0.15, 0.2) is 42.9 Å². The van der Waals surface area contributed by atoms with E-state index >= 15 is 0 Å². The number of nitrogens with one attached hydrogen (secondary N) is 1. The van der Waals surface area contributed by atoms with E-state index in [1.54, 1.807) is 0 Å². The van der Waals surface area contributed by atoms with Crippen LogP contribution in [0.1, 0.15) is 0 Å². The zero-order valence-corrected chi connectivity index (χ0v) is 10.6. The Morgan fingerprint density at radius 1 is 1.19 bits per heavy atom. The summed E-state index contributed by atoms with van der Waals surface area (Å²) in [5.41, 5.74) is 2.99. The third-order valence-electron chi connectivity index (χ3n) is 2.52. The number of hydrogen-bond donors (Lipinski definition) is 2. The molecule has 0 aliphatic carbocycles. The van der Waals surface area contributed by atoms with Gasteiger partial charge in [0.2, 0.25) is 11.8 Å². The number of nitrogens with zero attached hydrogens (tertiary/aromatic N) is 5. The highest BCUT2D eigenvalue weighted by Crippen LogP contribution is 2.20. The van der Waals surface area contributed by atoms with Crippen molar-refractivity contribution in [3.8, 4) is 17.6 Å². The molecule has 0 amide bonds. The first-order valence-electron chi connectivity index (χ1n) is 5.90. The predicted octanol–water partition coefficient (Wildman–Crippen LogP) is 1.27. The van der Waals surface area contributed by atoms with Crippen LogP contribution in [-0.4, -0.2) is 24.7 Å². The van der Waals surface area contributed by atoms with Crippen molar-refractivity contribution in [1.29, 1.82) is 0 Å². The lowest BCUT2D eigenvalue weighted by Crippen LogP contribution is -2.11. The van der Waals surface area contributed by atoms with Gasteiger partial charge in [0.1, 0.15) is 6.33 Å². The van der Waals surface area contributed by atoms with Gasteiger partial charge in [-0.3, -0.25) is 5.43 Å². The Balaban J connectivity index is 1.85. The van der Waals surface area contributed by atoms with Gasteiger partial charge in [-0.05, 0) is 12.1 Å². The molecule has 0 saturated heterocycles. The van der Waals surface area contributed by atoms with Crippen LogP contribution in [0.5, 0.6) is 11.9 Å². The van der Waals surface area contributed by atoms with Gasteiger partial charge in [-0.15, -0.1) is 5.10 Å². The smallest absolute Gasteiger partial charge is 0.342 e. The van der Waals surface area contributed by atoms with Gasteiger partial charge in [-0.1, -0.05) is 18.2 Å². The summed E-state index contributed by atoms with van der Waals surface area (Å²) in [4.78, 5) is 11.3. The van der Waals surface area contributed by atoms with Gasteiger partial charge in [-0.2, -0.15) is 14.4 Å². The van der Waals surface area contributed by atoms with E-state index in [1.165, 1.54) is 11.0 Å². The van der Waals surface area contributed by atoms with Gasteiger partial charge in [-0.25, -0.2) is 15.5 Å². The molecule has 21 heavy (non-hydrogen) atoms. The van der Waals surface area contributed by atoms with Crippen LogP contribution >= 0.6 is 0 Å². The second kappa shape index (κ2) is 5.51. The number of aromatic nitrogens is 5. The normalized spacial score (nSPS) is 10.4. The van der Waals surface area contributed by atoms with Crippen LogP contribution in [0.2, 0.25) is 0 Å². The molecule has 0 atom stereocenters. The molecule has 0 radical (unpaired) electrons. The van der Waals surface area contributed by atoms with Crippen molar-refractivity contribution in [1.82, 2.24) is 24.7 Å². The number of hydrazine groups is 1. The van der Waals surface area contributed by atoms with Gasteiger partial charge >= 0.3 is 6.01 Å². The van der Waals surface area contributed by atoms with E-state index in [-0.39, 0.29) is 17.8 Å². The van der Waals surface area contributed by atoms with Gasteiger partial charge in [0.15, 0.2) is 0 Å². The molecule has 8 nitrogen and oxygen atoms in total. The fourth-order valence-electron chi connectivity index (χ4n) is 1.58. The minimum Gasteiger partial charge on any atom is -0.401 e. The molecule has 3 aromatic rings. The van der Waals surface area contributed by atoms with Crippen LogP contribution in [0.3, 0.4) is 0 Å². The van der Waals surface area contributed by atoms with E-state index < -0.39 is 5.82 Å². The molecule has 2 aromatic heterocycles. The number of anilines is 1. The molecule has 2 heterocycles. The minimum atomic E-state index is -0.745. The summed E-state index contributed by atoms with van der Waals surface area (Å²) < 4.78 is 20.2. The summed E-state index contributed by atoms with van der Waals surface area (Å²) in [5, 5.41) is 4.08. The van der Waals surface area contributed by atoms with E-state index in [9.17, 15) is 4.39 Å². The van der Waals surface area contributed by atoms with Gasteiger partial charge < -0.3 is 4.74 Å². The molecule has 3 N–H and O–H groups in total. The predicted molar refractivity (Wildman–Crippen MR) is 71.2 cm³/mol. The number of hydrogen-bond acceptors (Lipinski definition) is 7. The Labute approximate surface area is 118 Å². The lowest BCUT2D eigenvalue weighted by Gasteiger charge is -2.03. The van der Waals surface area contributed by atoms with E-state index in [2.05, 4.69) is 25.5 Å². The maximum Gasteiger partial charge on any atom is 0.342 e. The summed E-state index contributed by atoms with van der Waals surface area (Å²) in [7, 11) is 0. The molecular weight excluding hydrogens is 277 g/mol. The van der Waals surface area contributed by atoms with Gasteiger partial charge in [0, 0.05) is 0 Å². The van der Waals surface area contributed by atoms with Crippen LogP contribution in [-0.2, 0) is 0 Å². The molecule has 3 rings (SSSR count). The molecule has 9 heteroatoms. The highest BCUT2D eigenvalue weighted by molar-refractivity contribution is 5.30. The van der Waals surface area contributed by atoms with Crippen LogP contribution < -0.4 is 16.0 Å². The Morgan fingerprint density at radius 3 is 2.76 bits per heavy atom. The molecule has 106 valence electrons. The molecule has 0 bridgehead atoms. The maximum absolute atomic E-state index is 13.5. The van der Waals surface area contributed by atoms with Crippen molar-refractivity contribution in [2.45, 2.75) is 0 Å². The van der Waals surface area contributed by atoms with E-state index in [0.29, 0.717) is 0 Å². The maximum atomic E-state index is 13.5. The number of ether oxygens (including phenoxy) is 1. The van der Waals surface area contributed by atoms with Crippen LogP contribution in [0.4, 0.5) is 10.3 Å². The largest absolute Gasteiger partial charge is 0.401 e. The first-order valence-corrected chi connectivity index (χ1v) is 5.90. The first-order chi connectivity index (χ1) is 10.3. The summed E-state index contributed by atoms with van der Waals surface area (Å²) in [6.07, 6.45) is 2.39. The van der Waals surface area contributed by atoms with Crippen molar-refractivity contribution in [3.63, 3.8) is 0 Å². The van der Waals surface area contributed by atoms with Crippen molar-refractivity contribution in [2.75, 3.05) is 5.43 Å². The summed E-state index contributed by atoms with van der Waals surface area (Å²) >= 11 is 0. The standard InChI is InChI=1S/C12H10FN7O/c13-9-6-15-11(18-14)17-10(9)21-12-16-7-20(19-12)8-4-2-1-3-5-8/h1-7H,14H2,(H,15,17,18). The van der Waals surface area contributed by atoms with E-state index in [0.717, 1.165) is 11.9 Å². The molecule has 0 fully saturated rings. The van der Waals surface area contributed by atoms with Crippen LogP contribution in [0, 0.1) is 5.82 Å². The molecule has 1 aromatic carbocycles.